The molecule has 0 amide bonds. The Kier molecular flexibility index (Phi) is 4.12. The van der Waals surface area contributed by atoms with E-state index >= 15 is 0 Å². The summed E-state index contributed by atoms with van der Waals surface area (Å²) in [6.07, 6.45) is 0. The van der Waals surface area contributed by atoms with Gasteiger partial charge in [-0.25, -0.2) is 8.78 Å². The lowest BCUT2D eigenvalue weighted by molar-refractivity contribution is 0.571. The molecule has 2 rings (SSSR count). The fourth-order valence-corrected chi connectivity index (χ4v) is 1.88. The molecule has 0 bridgehead atoms. The number of anilines is 1. The lowest BCUT2D eigenvalue weighted by Crippen LogP contribution is -2.17. The number of halogens is 2. The summed E-state index contributed by atoms with van der Waals surface area (Å²) in [7, 11) is 1.86. The third kappa shape index (κ3) is 3.29. The maximum Gasteiger partial charge on any atom is 0.131 e. The van der Waals surface area contributed by atoms with Crippen LogP contribution in [0.5, 0.6) is 0 Å². The molecule has 0 unspecified atom stereocenters. The van der Waals surface area contributed by atoms with Crippen LogP contribution in [0.25, 0.3) is 0 Å². The van der Waals surface area contributed by atoms with Gasteiger partial charge in [-0.2, -0.15) is 0 Å². The predicted octanol–water partition coefficient (Wildman–Crippen LogP) is 3.06. The van der Waals surface area contributed by atoms with Gasteiger partial charge in [0.1, 0.15) is 11.6 Å². The first-order valence-corrected chi connectivity index (χ1v) is 6.04. The molecule has 0 saturated heterocycles. The largest absolute Gasteiger partial charge is 0.370 e. The highest BCUT2D eigenvalue weighted by molar-refractivity contribution is 5.47. The minimum absolute atomic E-state index is 0.383. The van der Waals surface area contributed by atoms with E-state index in [0.717, 1.165) is 17.3 Å². The highest BCUT2D eigenvalue weighted by Crippen LogP contribution is 2.18. The summed E-state index contributed by atoms with van der Waals surface area (Å²) in [6, 6.07) is 11.4. The summed E-state index contributed by atoms with van der Waals surface area (Å²) in [5.41, 5.74) is 8.01. The predicted molar refractivity (Wildman–Crippen MR) is 72.8 cm³/mol. The molecule has 0 aliphatic rings. The van der Waals surface area contributed by atoms with Gasteiger partial charge in [0.15, 0.2) is 0 Å². The monoisotopic (exact) mass is 262 g/mol. The summed E-state index contributed by atoms with van der Waals surface area (Å²) in [5.74, 6) is -1.08. The molecule has 100 valence electrons. The zero-order chi connectivity index (χ0) is 13.8. The second-order valence-electron chi connectivity index (χ2n) is 4.46. The Hall–Kier alpha value is -1.94. The van der Waals surface area contributed by atoms with E-state index in [9.17, 15) is 8.78 Å². The normalized spacial score (nSPS) is 10.5. The number of nitrogens with two attached hydrogens (primary N) is 1. The van der Waals surface area contributed by atoms with Crippen molar-refractivity contribution in [2.24, 2.45) is 5.73 Å². The molecule has 0 saturated carbocycles. The van der Waals surface area contributed by atoms with Gasteiger partial charge in [-0.15, -0.1) is 0 Å². The molecule has 0 radical (unpaired) electrons. The van der Waals surface area contributed by atoms with Crippen LogP contribution in [0.3, 0.4) is 0 Å². The fourth-order valence-electron chi connectivity index (χ4n) is 1.88. The average molecular weight is 262 g/mol. The first kappa shape index (κ1) is 13.5. The van der Waals surface area contributed by atoms with Crippen LogP contribution in [0.4, 0.5) is 14.5 Å². The third-order valence-corrected chi connectivity index (χ3v) is 3.04. The van der Waals surface area contributed by atoms with Gasteiger partial charge >= 0.3 is 0 Å². The molecule has 2 nitrogen and oxygen atoms in total. The van der Waals surface area contributed by atoms with Gasteiger partial charge in [-0.3, -0.25) is 0 Å². The Labute approximate surface area is 111 Å². The molecule has 0 spiro atoms. The van der Waals surface area contributed by atoms with E-state index in [-0.39, 0.29) is 0 Å². The van der Waals surface area contributed by atoms with Crippen molar-refractivity contribution in [2.45, 2.75) is 13.1 Å². The van der Waals surface area contributed by atoms with Crippen LogP contribution in [0.15, 0.2) is 42.5 Å². The van der Waals surface area contributed by atoms with E-state index in [1.54, 1.807) is 0 Å². The molecule has 2 N–H and O–H groups in total. The van der Waals surface area contributed by atoms with Gasteiger partial charge in [-0.05, 0) is 23.8 Å². The molecule has 0 aliphatic heterocycles. The van der Waals surface area contributed by atoms with Crippen molar-refractivity contribution in [1.29, 1.82) is 0 Å². The van der Waals surface area contributed by atoms with E-state index in [0.29, 0.717) is 18.7 Å². The molecule has 2 aromatic carbocycles. The van der Waals surface area contributed by atoms with Crippen molar-refractivity contribution in [3.8, 4) is 0 Å². The molecule has 0 atom stereocenters. The van der Waals surface area contributed by atoms with Crippen molar-refractivity contribution >= 4 is 5.69 Å². The molecule has 19 heavy (non-hydrogen) atoms. The van der Waals surface area contributed by atoms with Crippen molar-refractivity contribution in [3.63, 3.8) is 0 Å². The Balaban J connectivity index is 2.13. The maximum atomic E-state index is 13.6. The van der Waals surface area contributed by atoms with Gasteiger partial charge in [0, 0.05) is 37.5 Å². The first-order chi connectivity index (χ1) is 9.10. The van der Waals surface area contributed by atoms with E-state index in [1.165, 1.54) is 12.1 Å². The quantitative estimate of drug-likeness (QED) is 0.917. The fraction of sp³-hybridized carbons (Fsp3) is 0.200. The number of hydrogen-bond donors (Lipinski definition) is 1. The molecule has 0 aromatic heterocycles. The molecule has 2 aromatic rings. The van der Waals surface area contributed by atoms with E-state index < -0.39 is 11.6 Å². The maximum absolute atomic E-state index is 13.6. The topological polar surface area (TPSA) is 29.3 Å². The highest BCUT2D eigenvalue weighted by atomic mass is 19.1. The number of hydrogen-bond acceptors (Lipinski definition) is 2. The smallest absolute Gasteiger partial charge is 0.131 e. The zero-order valence-electron chi connectivity index (χ0n) is 10.7. The number of rotatable bonds is 4. The van der Waals surface area contributed by atoms with Gasteiger partial charge in [0.05, 0.1) is 0 Å². The van der Waals surface area contributed by atoms with Gasteiger partial charge < -0.3 is 10.6 Å². The standard InChI is InChI=1S/C15H16F2N2/c1-19(14-6-2-11(9-18)3-7-14)10-12-4-5-13(16)8-15(12)17/h2-8H,9-10,18H2,1H3. The van der Waals surface area contributed by atoms with Crippen LogP contribution in [-0.4, -0.2) is 7.05 Å². The second-order valence-corrected chi connectivity index (χ2v) is 4.46. The molecular formula is C15H16F2N2. The summed E-state index contributed by atoms with van der Waals surface area (Å²) in [6.45, 7) is 0.880. The molecular weight excluding hydrogens is 246 g/mol. The highest BCUT2D eigenvalue weighted by Gasteiger charge is 2.07. The van der Waals surface area contributed by atoms with Crippen LogP contribution in [0.1, 0.15) is 11.1 Å². The van der Waals surface area contributed by atoms with Crippen LogP contribution in [0, 0.1) is 11.6 Å². The molecule has 0 heterocycles. The van der Waals surface area contributed by atoms with Crippen LogP contribution < -0.4 is 10.6 Å². The van der Waals surface area contributed by atoms with E-state index in [2.05, 4.69) is 0 Å². The SMILES string of the molecule is CN(Cc1ccc(F)cc1F)c1ccc(CN)cc1. The second kappa shape index (κ2) is 5.80. The average Bonchev–Trinajstić information content (AvgIpc) is 2.42. The Morgan fingerprint density at radius 3 is 2.32 bits per heavy atom. The summed E-state index contributed by atoms with van der Waals surface area (Å²) in [5, 5.41) is 0. The minimum atomic E-state index is -0.559. The molecule has 0 fully saturated rings. The van der Waals surface area contributed by atoms with E-state index in [4.69, 9.17) is 5.73 Å². The van der Waals surface area contributed by atoms with Crippen molar-refractivity contribution in [3.05, 3.63) is 65.2 Å². The van der Waals surface area contributed by atoms with Crippen LogP contribution >= 0.6 is 0 Å². The van der Waals surface area contributed by atoms with Crippen molar-refractivity contribution in [2.75, 3.05) is 11.9 Å². The number of nitrogens with zero attached hydrogens (tertiary/aromatic N) is 1. The van der Waals surface area contributed by atoms with Crippen LogP contribution in [-0.2, 0) is 13.1 Å². The lowest BCUT2D eigenvalue weighted by Gasteiger charge is -2.20. The van der Waals surface area contributed by atoms with Crippen molar-refractivity contribution in [1.82, 2.24) is 0 Å². The van der Waals surface area contributed by atoms with Gasteiger partial charge in [0.2, 0.25) is 0 Å². The van der Waals surface area contributed by atoms with Crippen molar-refractivity contribution < 1.29 is 8.78 Å². The third-order valence-electron chi connectivity index (χ3n) is 3.04. The Bertz CT molecular complexity index is 553. The summed E-state index contributed by atoms with van der Waals surface area (Å²) in [4.78, 5) is 1.90. The number of benzene rings is 2. The first-order valence-electron chi connectivity index (χ1n) is 6.04. The zero-order valence-corrected chi connectivity index (χ0v) is 10.7. The Morgan fingerprint density at radius 1 is 1.05 bits per heavy atom. The van der Waals surface area contributed by atoms with E-state index in [1.807, 2.05) is 36.2 Å². The van der Waals surface area contributed by atoms with Gasteiger partial charge in [-0.1, -0.05) is 18.2 Å². The van der Waals surface area contributed by atoms with Crippen LogP contribution in [0.2, 0.25) is 0 Å². The Morgan fingerprint density at radius 2 is 1.74 bits per heavy atom. The molecule has 0 aliphatic carbocycles. The molecule has 4 heteroatoms. The summed E-state index contributed by atoms with van der Waals surface area (Å²) >= 11 is 0. The van der Waals surface area contributed by atoms with Gasteiger partial charge in [0.25, 0.3) is 0 Å². The lowest BCUT2D eigenvalue weighted by atomic mass is 10.1. The minimum Gasteiger partial charge on any atom is -0.370 e. The summed E-state index contributed by atoms with van der Waals surface area (Å²) < 4.78 is 26.4.